The number of hydrogen-bond donors (Lipinski definition) is 2. The van der Waals surface area contributed by atoms with Crippen molar-refractivity contribution in [3.05, 3.63) is 105 Å². The largest absolute Gasteiger partial charge is 0.490 e. The number of carboxylic acid groups (broad SMARTS) is 1. The third-order valence-corrected chi connectivity index (χ3v) is 7.87. The molecule has 240 valence electrons. The molecule has 9 nitrogen and oxygen atoms in total. The van der Waals surface area contributed by atoms with Gasteiger partial charge in [-0.1, -0.05) is 59.6 Å². The van der Waals surface area contributed by atoms with Crippen LogP contribution in [0.15, 0.2) is 71.5 Å². The van der Waals surface area contributed by atoms with E-state index in [1.54, 1.807) is 16.7 Å². The first-order valence-electron chi connectivity index (χ1n) is 14.3. The number of aromatic nitrogens is 3. The molecule has 0 aliphatic heterocycles. The van der Waals surface area contributed by atoms with E-state index in [0.29, 0.717) is 48.1 Å². The smallest absolute Gasteiger partial charge is 0.475 e. The zero-order valence-electron chi connectivity index (χ0n) is 25.1. The van der Waals surface area contributed by atoms with E-state index in [0.717, 1.165) is 24.0 Å². The van der Waals surface area contributed by atoms with E-state index in [1.165, 1.54) is 4.52 Å². The van der Waals surface area contributed by atoms with E-state index in [1.807, 2.05) is 80.3 Å². The lowest BCUT2D eigenvalue weighted by Crippen LogP contribution is -2.44. The van der Waals surface area contributed by atoms with Crippen molar-refractivity contribution >= 4 is 29.0 Å². The Morgan fingerprint density at radius 1 is 1.04 bits per heavy atom. The summed E-state index contributed by atoms with van der Waals surface area (Å²) >= 11 is 6.42. The number of carboxylic acids is 1. The lowest BCUT2D eigenvalue weighted by Gasteiger charge is -2.31. The predicted octanol–water partition coefficient (Wildman–Crippen LogP) is 5.44. The fraction of sp³-hybridized carbons (Fsp3) is 0.375. The predicted molar refractivity (Wildman–Crippen MR) is 165 cm³/mol. The van der Waals surface area contributed by atoms with Crippen LogP contribution < -0.4 is 11.3 Å². The van der Waals surface area contributed by atoms with Gasteiger partial charge in [-0.25, -0.2) is 9.31 Å². The molecule has 3 N–H and O–H groups in total. The van der Waals surface area contributed by atoms with Crippen molar-refractivity contribution in [2.75, 3.05) is 13.1 Å². The normalized spacial score (nSPS) is 14.0. The van der Waals surface area contributed by atoms with Crippen LogP contribution in [0.4, 0.5) is 13.2 Å². The lowest BCUT2D eigenvalue weighted by molar-refractivity contribution is -0.192. The average Bonchev–Trinajstić information content (AvgIpc) is 3.66. The second kappa shape index (κ2) is 13.1. The van der Waals surface area contributed by atoms with E-state index in [9.17, 15) is 22.8 Å². The zero-order chi connectivity index (χ0) is 33.2. The Bertz CT molecular complexity index is 1720. The summed E-state index contributed by atoms with van der Waals surface area (Å²) in [4.78, 5) is 38.2. The molecule has 0 bridgehead atoms. The molecule has 1 aliphatic rings. The van der Waals surface area contributed by atoms with Crippen molar-refractivity contribution < 1.29 is 27.9 Å². The number of aliphatic carboxylic acids is 1. The molecule has 2 aromatic heterocycles. The molecule has 1 aliphatic carbocycles. The van der Waals surface area contributed by atoms with Crippen LogP contribution in [0.25, 0.3) is 5.52 Å². The SMILES string of the molecule is Cc1ccc(C(=O)N(CCC(C)(C)N)CC2(c3nn4c(Cl)ccc4c(=O)n3Cc3ccccc3)CC2)cc1.O=C(O)C(F)(F)F. The van der Waals surface area contributed by atoms with Gasteiger partial charge >= 0.3 is 12.1 Å². The number of fused-ring (bicyclic) bond motifs is 1. The minimum Gasteiger partial charge on any atom is -0.475 e. The molecule has 0 spiro atoms. The second-order valence-corrected chi connectivity index (χ2v) is 12.5. The van der Waals surface area contributed by atoms with Crippen LogP contribution in [0, 0.1) is 6.92 Å². The molecule has 0 radical (unpaired) electrons. The molecular formula is C32H35ClF3N5O4. The van der Waals surface area contributed by atoms with Crippen LogP contribution in [0.2, 0.25) is 5.15 Å². The number of carbonyl (C=O) groups is 2. The molecule has 1 fully saturated rings. The maximum atomic E-state index is 13.7. The monoisotopic (exact) mass is 645 g/mol. The Labute approximate surface area is 263 Å². The van der Waals surface area contributed by atoms with Crippen molar-refractivity contribution in [3.8, 4) is 0 Å². The van der Waals surface area contributed by atoms with Gasteiger partial charge in [-0.15, -0.1) is 0 Å². The van der Waals surface area contributed by atoms with Gasteiger partial charge in [-0.05, 0) is 69.9 Å². The van der Waals surface area contributed by atoms with Crippen molar-refractivity contribution in [1.82, 2.24) is 19.1 Å². The fourth-order valence-corrected chi connectivity index (χ4v) is 5.07. The standard InChI is InChI=1S/C30H34ClN5O2.C2HF3O2/c1-21-9-11-23(12-10-21)26(37)34(18-17-29(2,3)32)20-30(15-16-30)28-33-36-24(13-14-25(36)31)27(38)35(28)19-22-7-5-4-6-8-22;3-2(4,5)1(6)7/h4-14H,15-20,32H2,1-3H3;(H,6,7). The highest BCUT2D eigenvalue weighted by Crippen LogP contribution is 2.48. The van der Waals surface area contributed by atoms with E-state index >= 15 is 0 Å². The number of benzene rings is 2. The first-order chi connectivity index (χ1) is 21.0. The number of nitrogens with zero attached hydrogens (tertiary/aromatic N) is 4. The molecule has 45 heavy (non-hydrogen) atoms. The maximum Gasteiger partial charge on any atom is 0.490 e. The summed E-state index contributed by atoms with van der Waals surface area (Å²) in [5, 5.41) is 12.4. The van der Waals surface area contributed by atoms with Gasteiger partial charge in [0, 0.05) is 29.6 Å². The Morgan fingerprint density at radius 3 is 2.18 bits per heavy atom. The third kappa shape index (κ3) is 8.31. The highest BCUT2D eigenvalue weighted by Gasteiger charge is 2.50. The number of carbonyl (C=O) groups excluding carboxylic acids is 1. The fourth-order valence-electron chi connectivity index (χ4n) is 4.88. The zero-order valence-corrected chi connectivity index (χ0v) is 25.9. The number of halogens is 4. The summed E-state index contributed by atoms with van der Waals surface area (Å²) in [5.41, 5.74) is 8.48. The average molecular weight is 646 g/mol. The molecule has 13 heteroatoms. The number of nitrogens with two attached hydrogens (primary N) is 1. The van der Waals surface area contributed by atoms with Gasteiger partial charge < -0.3 is 15.7 Å². The van der Waals surface area contributed by atoms with E-state index in [2.05, 4.69) is 0 Å². The molecule has 2 heterocycles. The van der Waals surface area contributed by atoms with Gasteiger partial charge in [-0.3, -0.25) is 14.2 Å². The van der Waals surface area contributed by atoms with Gasteiger partial charge in [0.25, 0.3) is 11.5 Å². The molecule has 0 unspecified atom stereocenters. The van der Waals surface area contributed by atoms with Crippen LogP contribution >= 0.6 is 11.6 Å². The first kappa shape index (κ1) is 33.7. The van der Waals surface area contributed by atoms with Gasteiger partial charge in [0.2, 0.25) is 0 Å². The van der Waals surface area contributed by atoms with E-state index in [-0.39, 0.29) is 11.5 Å². The molecule has 1 amide bonds. The van der Waals surface area contributed by atoms with Gasteiger partial charge in [0.15, 0.2) is 0 Å². The van der Waals surface area contributed by atoms with Crippen LogP contribution in [0.1, 0.15) is 60.4 Å². The molecule has 0 saturated heterocycles. The summed E-state index contributed by atoms with van der Waals surface area (Å²) in [6.07, 6.45) is -2.79. The minimum atomic E-state index is -5.08. The molecule has 4 aromatic rings. The van der Waals surface area contributed by atoms with Gasteiger partial charge in [0.05, 0.1) is 6.54 Å². The first-order valence-corrected chi connectivity index (χ1v) is 14.7. The number of hydrogen-bond acceptors (Lipinski definition) is 5. The number of alkyl halides is 3. The summed E-state index contributed by atoms with van der Waals surface area (Å²) in [5.74, 6) is -2.14. The maximum absolute atomic E-state index is 13.7. The van der Waals surface area contributed by atoms with Crippen LogP contribution in [-0.4, -0.2) is 60.9 Å². The number of aryl methyl sites for hydroxylation is 1. The van der Waals surface area contributed by atoms with Crippen LogP contribution in [0.3, 0.4) is 0 Å². The number of rotatable bonds is 9. The van der Waals surface area contributed by atoms with E-state index < -0.39 is 23.1 Å². The summed E-state index contributed by atoms with van der Waals surface area (Å²) in [6.45, 7) is 7.28. The Balaban J connectivity index is 0.000000591. The van der Waals surface area contributed by atoms with Gasteiger partial charge in [0.1, 0.15) is 16.5 Å². The van der Waals surface area contributed by atoms with Crippen molar-refractivity contribution in [1.29, 1.82) is 0 Å². The minimum absolute atomic E-state index is 0.0439. The Kier molecular flexibility index (Phi) is 9.79. The molecule has 2 aromatic carbocycles. The van der Waals surface area contributed by atoms with Gasteiger partial charge in [-0.2, -0.15) is 18.3 Å². The van der Waals surface area contributed by atoms with E-state index in [4.69, 9.17) is 32.3 Å². The molecule has 1 saturated carbocycles. The van der Waals surface area contributed by atoms with Crippen molar-refractivity contribution in [3.63, 3.8) is 0 Å². The quantitative estimate of drug-likeness (QED) is 0.250. The lowest BCUT2D eigenvalue weighted by atomic mass is 9.99. The molecule has 0 atom stereocenters. The highest BCUT2D eigenvalue weighted by atomic mass is 35.5. The number of amides is 1. The molecule has 5 rings (SSSR count). The van der Waals surface area contributed by atoms with Crippen molar-refractivity contribution in [2.24, 2.45) is 5.73 Å². The molecular weight excluding hydrogens is 611 g/mol. The van der Waals surface area contributed by atoms with Crippen LogP contribution in [-0.2, 0) is 16.8 Å². The third-order valence-electron chi connectivity index (χ3n) is 7.58. The summed E-state index contributed by atoms with van der Waals surface area (Å²) < 4.78 is 35.0. The second-order valence-electron chi connectivity index (χ2n) is 12.1. The topological polar surface area (TPSA) is 123 Å². The highest BCUT2D eigenvalue weighted by molar-refractivity contribution is 6.29. The van der Waals surface area contributed by atoms with Crippen molar-refractivity contribution in [2.45, 2.75) is 63.7 Å². The summed E-state index contributed by atoms with van der Waals surface area (Å²) in [6, 6.07) is 20.9. The Hall–Kier alpha value is -4.16. The Morgan fingerprint density at radius 2 is 1.64 bits per heavy atom. The summed E-state index contributed by atoms with van der Waals surface area (Å²) in [7, 11) is 0. The van der Waals surface area contributed by atoms with Crippen LogP contribution in [0.5, 0.6) is 0 Å².